The van der Waals surface area contributed by atoms with Crippen LogP contribution in [-0.4, -0.2) is 26.0 Å². The highest BCUT2D eigenvalue weighted by atomic mass is 19.4. The van der Waals surface area contributed by atoms with Crippen molar-refractivity contribution in [2.24, 2.45) is 0 Å². The van der Waals surface area contributed by atoms with Gasteiger partial charge in [0, 0.05) is 30.0 Å². The quantitative estimate of drug-likeness (QED) is 0.310. The Bertz CT molecular complexity index is 1350. The largest absolute Gasteiger partial charge is 0.573 e. The van der Waals surface area contributed by atoms with Crippen LogP contribution >= 0.6 is 0 Å². The lowest BCUT2D eigenvalue weighted by molar-refractivity contribution is -0.384. The maximum Gasteiger partial charge on any atom is 0.573 e. The molecule has 0 radical (unpaired) electrons. The van der Waals surface area contributed by atoms with E-state index in [4.69, 9.17) is 4.52 Å². The van der Waals surface area contributed by atoms with Gasteiger partial charge >= 0.3 is 6.36 Å². The average molecular weight is 458 g/mol. The summed E-state index contributed by atoms with van der Waals surface area (Å²) in [6.45, 7) is 0.159. The molecule has 12 heteroatoms. The number of pyridine rings is 1. The van der Waals surface area contributed by atoms with Crippen molar-refractivity contribution < 1.29 is 27.4 Å². The van der Waals surface area contributed by atoms with Crippen LogP contribution in [0.1, 0.15) is 5.56 Å². The van der Waals surface area contributed by atoms with Gasteiger partial charge in [0.1, 0.15) is 5.75 Å². The van der Waals surface area contributed by atoms with Crippen LogP contribution in [0.15, 0.2) is 76.2 Å². The Morgan fingerprint density at radius 1 is 1.00 bits per heavy atom. The van der Waals surface area contributed by atoms with Crippen LogP contribution < -0.4 is 10.3 Å². The summed E-state index contributed by atoms with van der Waals surface area (Å²) in [6, 6.07) is 13.6. The molecule has 0 bridgehead atoms. The number of nitro groups is 1. The molecule has 4 rings (SSSR count). The number of nitro benzene ring substituents is 1. The van der Waals surface area contributed by atoms with Gasteiger partial charge in [-0.3, -0.25) is 14.9 Å². The molecule has 0 saturated heterocycles. The molecule has 0 amide bonds. The van der Waals surface area contributed by atoms with Crippen LogP contribution in [0, 0.1) is 10.1 Å². The molecule has 4 aromatic rings. The molecule has 0 spiro atoms. The SMILES string of the molecule is O=c1ccc(-c2nc(-c3ccc(OC(F)(F)F)cc3)no2)cn1Cc1ccc([N+](=O)[O-])cc1. The summed E-state index contributed by atoms with van der Waals surface area (Å²) in [7, 11) is 0. The number of nitrogens with zero attached hydrogens (tertiary/aromatic N) is 4. The van der Waals surface area contributed by atoms with Crippen molar-refractivity contribution in [2.45, 2.75) is 12.9 Å². The van der Waals surface area contributed by atoms with E-state index in [0.717, 1.165) is 12.1 Å². The molecule has 0 aliphatic heterocycles. The molecule has 33 heavy (non-hydrogen) atoms. The summed E-state index contributed by atoms with van der Waals surface area (Å²) >= 11 is 0. The molecular formula is C21H13F3N4O5. The Balaban J connectivity index is 1.54. The first-order valence-electron chi connectivity index (χ1n) is 9.32. The van der Waals surface area contributed by atoms with Gasteiger partial charge in [0.05, 0.1) is 17.0 Å². The van der Waals surface area contributed by atoms with Crippen LogP contribution in [0.5, 0.6) is 5.75 Å². The number of ether oxygens (including phenoxy) is 1. The third-order valence-electron chi connectivity index (χ3n) is 4.50. The van der Waals surface area contributed by atoms with E-state index >= 15 is 0 Å². The zero-order valence-electron chi connectivity index (χ0n) is 16.5. The summed E-state index contributed by atoms with van der Waals surface area (Å²) in [6.07, 6.45) is -3.29. The molecule has 9 nitrogen and oxygen atoms in total. The second-order valence-corrected chi connectivity index (χ2v) is 6.80. The van der Waals surface area contributed by atoms with Crippen molar-refractivity contribution in [3.05, 3.63) is 92.9 Å². The van der Waals surface area contributed by atoms with Gasteiger partial charge in [0.2, 0.25) is 5.82 Å². The first-order chi connectivity index (χ1) is 15.7. The summed E-state index contributed by atoms with van der Waals surface area (Å²) in [5.74, 6) is -0.150. The predicted octanol–water partition coefficient (Wildman–Crippen LogP) is 4.42. The van der Waals surface area contributed by atoms with Gasteiger partial charge in [-0.1, -0.05) is 17.3 Å². The molecule has 0 fully saturated rings. The van der Waals surface area contributed by atoms with Crippen LogP contribution in [-0.2, 0) is 6.54 Å². The van der Waals surface area contributed by atoms with Crippen molar-refractivity contribution in [1.29, 1.82) is 0 Å². The van der Waals surface area contributed by atoms with E-state index in [1.807, 2.05) is 0 Å². The maximum atomic E-state index is 12.3. The minimum Gasteiger partial charge on any atom is -0.406 e. The maximum absolute atomic E-state index is 12.3. The minimum absolute atomic E-state index is 0.0590. The van der Waals surface area contributed by atoms with Crippen molar-refractivity contribution >= 4 is 5.69 Å². The zero-order chi connectivity index (χ0) is 23.6. The number of halogens is 3. The molecule has 0 atom stereocenters. The smallest absolute Gasteiger partial charge is 0.406 e. The Morgan fingerprint density at radius 2 is 1.67 bits per heavy atom. The van der Waals surface area contributed by atoms with Crippen molar-refractivity contribution in [3.63, 3.8) is 0 Å². The van der Waals surface area contributed by atoms with Gasteiger partial charge in [-0.15, -0.1) is 13.2 Å². The minimum atomic E-state index is -4.79. The zero-order valence-corrected chi connectivity index (χ0v) is 16.5. The lowest BCUT2D eigenvalue weighted by Gasteiger charge is -2.08. The van der Waals surface area contributed by atoms with Crippen LogP contribution in [0.3, 0.4) is 0 Å². The summed E-state index contributed by atoms with van der Waals surface area (Å²) in [5, 5.41) is 14.6. The van der Waals surface area contributed by atoms with E-state index in [2.05, 4.69) is 14.9 Å². The Morgan fingerprint density at radius 3 is 2.30 bits per heavy atom. The third-order valence-corrected chi connectivity index (χ3v) is 4.50. The van der Waals surface area contributed by atoms with Gasteiger partial charge in [-0.05, 0) is 35.9 Å². The standard InChI is InChI=1S/C21H13F3N4O5/c22-21(23,24)32-17-8-3-14(4-9-17)19-25-20(33-26-19)15-5-10-18(29)27(12-15)11-13-1-6-16(7-2-13)28(30)31/h1-10,12H,11H2. The van der Waals surface area contributed by atoms with Crippen LogP contribution in [0.25, 0.3) is 22.8 Å². The van der Waals surface area contributed by atoms with Crippen molar-refractivity contribution in [3.8, 4) is 28.6 Å². The summed E-state index contributed by atoms with van der Waals surface area (Å²) in [4.78, 5) is 26.7. The first kappa shape index (κ1) is 21.7. The highest BCUT2D eigenvalue weighted by Crippen LogP contribution is 2.26. The number of hydrogen-bond acceptors (Lipinski definition) is 7. The fraction of sp³-hybridized carbons (Fsp3) is 0.0952. The molecule has 0 N–H and O–H groups in total. The Hall–Kier alpha value is -4.48. The van der Waals surface area contributed by atoms with E-state index in [-0.39, 0.29) is 35.3 Å². The van der Waals surface area contributed by atoms with Gasteiger partial charge in [-0.2, -0.15) is 4.98 Å². The van der Waals surface area contributed by atoms with Crippen LogP contribution in [0.4, 0.5) is 18.9 Å². The lowest BCUT2D eigenvalue weighted by atomic mass is 10.2. The summed E-state index contributed by atoms with van der Waals surface area (Å²) in [5.41, 5.74) is 1.14. The lowest BCUT2D eigenvalue weighted by Crippen LogP contribution is -2.19. The van der Waals surface area contributed by atoms with E-state index in [1.54, 1.807) is 12.1 Å². The third kappa shape index (κ3) is 5.23. The molecule has 0 unspecified atom stereocenters. The molecule has 168 valence electrons. The Labute approximate surface area is 182 Å². The van der Waals surface area contributed by atoms with E-state index in [1.165, 1.54) is 47.2 Å². The molecular weight excluding hydrogens is 445 g/mol. The second kappa shape index (κ2) is 8.57. The number of rotatable bonds is 6. The monoisotopic (exact) mass is 458 g/mol. The van der Waals surface area contributed by atoms with Crippen LogP contribution in [0.2, 0.25) is 0 Å². The normalized spacial score (nSPS) is 11.4. The number of hydrogen-bond donors (Lipinski definition) is 0. The van der Waals surface area contributed by atoms with Gasteiger partial charge < -0.3 is 13.8 Å². The highest BCUT2D eigenvalue weighted by Gasteiger charge is 2.31. The summed E-state index contributed by atoms with van der Waals surface area (Å²) < 4.78 is 47.3. The van der Waals surface area contributed by atoms with Gasteiger partial charge in [-0.25, -0.2) is 0 Å². The van der Waals surface area contributed by atoms with E-state index in [9.17, 15) is 28.1 Å². The number of alkyl halides is 3. The highest BCUT2D eigenvalue weighted by molar-refractivity contribution is 5.60. The molecule has 2 heterocycles. The molecule has 2 aromatic carbocycles. The molecule has 0 saturated carbocycles. The first-order valence-corrected chi connectivity index (χ1v) is 9.32. The fourth-order valence-corrected chi connectivity index (χ4v) is 2.96. The second-order valence-electron chi connectivity index (χ2n) is 6.80. The number of benzene rings is 2. The number of aromatic nitrogens is 3. The molecule has 0 aliphatic rings. The fourth-order valence-electron chi connectivity index (χ4n) is 2.96. The van der Waals surface area contributed by atoms with E-state index < -0.39 is 11.3 Å². The van der Waals surface area contributed by atoms with E-state index in [0.29, 0.717) is 16.7 Å². The predicted molar refractivity (Wildman–Crippen MR) is 108 cm³/mol. The molecule has 0 aliphatic carbocycles. The average Bonchev–Trinajstić information content (AvgIpc) is 3.25. The van der Waals surface area contributed by atoms with Crippen molar-refractivity contribution in [2.75, 3.05) is 0 Å². The number of non-ortho nitro benzene ring substituents is 1. The topological polar surface area (TPSA) is 113 Å². The van der Waals surface area contributed by atoms with Gasteiger partial charge in [0.15, 0.2) is 0 Å². The Kier molecular flexibility index (Phi) is 5.65. The van der Waals surface area contributed by atoms with Crippen molar-refractivity contribution in [1.82, 2.24) is 14.7 Å². The van der Waals surface area contributed by atoms with Gasteiger partial charge in [0.25, 0.3) is 17.1 Å². The molecule has 2 aromatic heterocycles.